The van der Waals surface area contributed by atoms with Gasteiger partial charge in [0.05, 0.1) is 0 Å². The molecule has 0 saturated heterocycles. The number of hydrogen-bond donors (Lipinski definition) is 1. The van der Waals surface area contributed by atoms with Crippen LogP contribution in [0.3, 0.4) is 0 Å². The number of nitrogens with zero attached hydrogens (tertiary/aromatic N) is 1. The number of aliphatic hydroxyl groups is 1. The summed E-state index contributed by atoms with van der Waals surface area (Å²) in [5.74, 6) is 0.955. The van der Waals surface area contributed by atoms with Crippen molar-refractivity contribution < 1.29 is 30.0 Å². The number of aliphatic hydroxyl groups excluding tert-OH is 1. The van der Waals surface area contributed by atoms with E-state index in [0.29, 0.717) is 5.92 Å². The van der Waals surface area contributed by atoms with Gasteiger partial charge in [-0.05, 0) is 82.5 Å². The first kappa shape index (κ1) is 41.3. The predicted octanol–water partition coefficient (Wildman–Crippen LogP) is 14.5. The summed E-state index contributed by atoms with van der Waals surface area (Å²) >= 11 is 5.65. The average Bonchev–Trinajstić information content (AvgIpc) is 3.82. The van der Waals surface area contributed by atoms with Crippen LogP contribution < -0.4 is 0 Å². The number of fused-ring (bicyclic) bond motifs is 6. The van der Waals surface area contributed by atoms with Crippen LogP contribution in [0.5, 0.6) is 0 Å². The molecule has 0 amide bonds. The van der Waals surface area contributed by atoms with Gasteiger partial charge in [0.25, 0.3) is 0 Å². The van der Waals surface area contributed by atoms with Crippen molar-refractivity contribution in [3.63, 3.8) is 0 Å². The van der Waals surface area contributed by atoms with Gasteiger partial charge in [-0.2, -0.15) is 11.3 Å². The molecule has 6 aromatic rings. The fraction of sp³-hybridized carbons (Fsp3) is 0.455. The number of hydrogen-bond acceptors (Lipinski definition) is 6. The molecular weight excluding hydrogens is 863 g/mol. The largest absolute Gasteiger partial charge is 0.512 e. The molecule has 0 saturated carbocycles. The minimum Gasteiger partial charge on any atom is -0.512 e. The number of carbonyl (C=O) groups is 1. The van der Waals surface area contributed by atoms with Crippen LogP contribution in [0.2, 0.25) is 0 Å². The van der Waals surface area contributed by atoms with Crippen LogP contribution in [0, 0.1) is 22.8 Å². The zero-order chi connectivity index (χ0) is 36.6. The fourth-order valence-corrected chi connectivity index (χ4v) is 10.2. The second-order valence-corrected chi connectivity index (χ2v) is 18.9. The van der Waals surface area contributed by atoms with Gasteiger partial charge in [-0.25, -0.2) is 0 Å². The van der Waals surface area contributed by atoms with Gasteiger partial charge in [-0.15, -0.1) is 46.3 Å². The van der Waals surface area contributed by atoms with Crippen molar-refractivity contribution in [2.45, 2.75) is 114 Å². The first-order valence-corrected chi connectivity index (χ1v) is 20.7. The van der Waals surface area contributed by atoms with E-state index in [1.165, 1.54) is 56.9 Å². The molecule has 51 heavy (non-hydrogen) atoms. The summed E-state index contributed by atoms with van der Waals surface area (Å²) in [5.41, 5.74) is 3.00. The summed E-state index contributed by atoms with van der Waals surface area (Å²) in [6, 6.07) is 17.4. The summed E-state index contributed by atoms with van der Waals surface area (Å²) < 4.78 is 5.37. The molecule has 0 unspecified atom stereocenters. The third-order valence-corrected chi connectivity index (χ3v) is 14.1. The van der Waals surface area contributed by atoms with Crippen molar-refractivity contribution in [1.82, 2.24) is 4.98 Å². The third-order valence-electron chi connectivity index (χ3n) is 10.8. The molecule has 0 aliphatic rings. The molecule has 275 valence electrons. The van der Waals surface area contributed by atoms with Crippen LogP contribution >= 0.6 is 34.0 Å². The quantitative estimate of drug-likeness (QED) is 0.0846. The molecule has 2 aromatic carbocycles. The van der Waals surface area contributed by atoms with E-state index in [-0.39, 0.29) is 47.9 Å². The molecule has 7 heteroatoms. The Labute approximate surface area is 330 Å². The number of pyridine rings is 1. The second-order valence-electron chi connectivity index (χ2n) is 15.7. The number of aromatic nitrogens is 1. The molecule has 0 fully saturated rings. The zero-order valence-electron chi connectivity index (χ0n) is 32.2. The predicted molar refractivity (Wildman–Crippen MR) is 223 cm³/mol. The van der Waals surface area contributed by atoms with Crippen molar-refractivity contribution in [2.24, 2.45) is 16.7 Å². The van der Waals surface area contributed by atoms with Gasteiger partial charge in [-0.1, -0.05) is 93.4 Å². The van der Waals surface area contributed by atoms with Crippen LogP contribution in [0.4, 0.5) is 0 Å². The minimum absolute atomic E-state index is 0. The number of ketones is 1. The number of benzene rings is 2. The summed E-state index contributed by atoms with van der Waals surface area (Å²) in [6.45, 7) is 23.6. The summed E-state index contributed by atoms with van der Waals surface area (Å²) in [6.07, 6.45) is 7.87. The van der Waals surface area contributed by atoms with Gasteiger partial charge in [0, 0.05) is 73.3 Å². The van der Waals surface area contributed by atoms with Gasteiger partial charge in [0.2, 0.25) is 0 Å². The summed E-state index contributed by atoms with van der Waals surface area (Å²) in [4.78, 5) is 18.6. The van der Waals surface area contributed by atoms with Crippen LogP contribution in [0.1, 0.15) is 112 Å². The molecule has 1 N–H and O–H groups in total. The van der Waals surface area contributed by atoms with E-state index in [0.717, 1.165) is 43.4 Å². The van der Waals surface area contributed by atoms with E-state index in [9.17, 15) is 9.90 Å². The minimum atomic E-state index is -0.337. The Bertz CT molecular complexity index is 2170. The second kappa shape index (κ2) is 16.3. The molecule has 3 nitrogen and oxygen atoms in total. The monoisotopic (exact) mass is 917 g/mol. The Kier molecular flexibility index (Phi) is 13.2. The number of rotatable bonds is 10. The van der Waals surface area contributed by atoms with Crippen molar-refractivity contribution in [2.75, 3.05) is 0 Å². The van der Waals surface area contributed by atoms with E-state index < -0.39 is 0 Å². The molecule has 0 spiro atoms. The molecule has 0 atom stereocenters. The van der Waals surface area contributed by atoms with Crippen molar-refractivity contribution in [3.05, 3.63) is 76.3 Å². The van der Waals surface area contributed by atoms with E-state index in [1.54, 1.807) is 0 Å². The maximum Gasteiger partial charge on any atom is 0.164 e. The Hall–Kier alpha value is -2.41. The molecule has 4 heterocycles. The smallest absolute Gasteiger partial charge is 0.164 e. The molecule has 6 rings (SSSR count). The van der Waals surface area contributed by atoms with Gasteiger partial charge >= 0.3 is 0 Å². The third kappa shape index (κ3) is 8.39. The topological polar surface area (TPSA) is 50.2 Å². The standard InChI is InChI=1S/C29H26NS3.C15H28O2.Ir/c1-16(2)12-20-14-17-6-7-23-24(27(17)32-20)21-8-10-30-25(28(21)33-23)19-13-18-9-11-31-26(18)22(15-19)29(3,4)5;1-7-14(5,8-2)12(16)11-13(17)15(6,9-3)10-4;/h6-11,14-16H,12H2,1-5H3;11,16H,7-10H2,1-6H3;/q-1;;/b;12-11-;. The van der Waals surface area contributed by atoms with Crippen LogP contribution in [-0.4, -0.2) is 15.9 Å². The van der Waals surface area contributed by atoms with Crippen LogP contribution in [0.15, 0.2) is 59.8 Å². The van der Waals surface area contributed by atoms with Gasteiger partial charge in [-0.3, -0.25) is 9.78 Å². The number of thiophene rings is 3. The molecule has 4 aromatic heterocycles. The zero-order valence-corrected chi connectivity index (χ0v) is 37.0. The first-order valence-electron chi connectivity index (χ1n) is 18.2. The van der Waals surface area contributed by atoms with E-state index >= 15 is 0 Å². The maximum atomic E-state index is 12.2. The van der Waals surface area contributed by atoms with Crippen molar-refractivity contribution in [1.29, 1.82) is 0 Å². The van der Waals surface area contributed by atoms with Gasteiger partial charge in [0.1, 0.15) is 5.76 Å². The molecule has 1 radical (unpaired) electrons. The number of carbonyl (C=O) groups excluding carboxylic acids is 1. The first-order chi connectivity index (χ1) is 23.6. The van der Waals surface area contributed by atoms with Crippen molar-refractivity contribution in [3.8, 4) is 11.3 Å². The van der Waals surface area contributed by atoms with Gasteiger partial charge in [0.15, 0.2) is 5.78 Å². The van der Waals surface area contributed by atoms with E-state index in [2.05, 4.69) is 82.5 Å². The summed E-state index contributed by atoms with van der Waals surface area (Å²) in [7, 11) is 0. The Morgan fingerprint density at radius 1 is 0.882 bits per heavy atom. The van der Waals surface area contributed by atoms with Crippen LogP contribution in [-0.2, 0) is 36.7 Å². The van der Waals surface area contributed by atoms with Crippen molar-refractivity contribution >= 4 is 80.1 Å². The van der Waals surface area contributed by atoms with E-state index in [1.807, 2.05) is 81.7 Å². The maximum absolute atomic E-state index is 12.2. The molecule has 0 bridgehead atoms. The average molecular weight is 917 g/mol. The summed E-state index contributed by atoms with van der Waals surface area (Å²) in [5, 5.41) is 17.6. The fourth-order valence-electron chi connectivity index (χ4n) is 6.41. The SMILES string of the molecule is CC(C)Cc1cc2ccc3sc4c(-c5[c-]c6ccsc6c(C(C)(C)C)c5)nccc4c3c2s1.CCC(C)(CC)C(=O)/C=C(\O)C(C)(CC)CC.[Ir]. The van der Waals surface area contributed by atoms with Gasteiger partial charge < -0.3 is 5.11 Å². The van der Waals surface area contributed by atoms with Crippen LogP contribution in [0.25, 0.3) is 51.6 Å². The number of allylic oxidation sites excluding steroid dienone is 2. The molecular formula is C44H54IrNO2S3-. The normalized spacial score (nSPS) is 12.9. The van der Waals surface area contributed by atoms with E-state index in [4.69, 9.17) is 4.98 Å². The molecule has 0 aliphatic carbocycles. The Morgan fingerprint density at radius 3 is 2.16 bits per heavy atom. The molecule has 0 aliphatic heterocycles. The Balaban J connectivity index is 0.000000279. The Morgan fingerprint density at radius 2 is 1.55 bits per heavy atom.